The van der Waals surface area contributed by atoms with Crippen LogP contribution in [0.25, 0.3) is 0 Å². The first-order valence-corrected chi connectivity index (χ1v) is 11.9. The lowest BCUT2D eigenvalue weighted by atomic mass is 10.1. The number of sulfone groups is 1. The molecule has 0 amide bonds. The van der Waals surface area contributed by atoms with Gasteiger partial charge in [0.25, 0.3) is 0 Å². The average molecular weight is 538 g/mol. The normalized spacial score (nSPS) is 16.3. The highest BCUT2D eigenvalue weighted by molar-refractivity contribution is 14.0. The highest BCUT2D eigenvalue weighted by atomic mass is 127. The Labute approximate surface area is 193 Å². The highest BCUT2D eigenvalue weighted by Crippen LogP contribution is 2.10. The molecule has 1 heterocycles. The standard InChI is InChI=1S/C20H35N5O2S.HI/c1-21-20(22-11-4-5-13-25-16-14-24(2)15-17-25)23-12-10-18-6-8-19(9-7-18)28(3,26)27;/h6-9H,4-5,10-17H2,1-3H3,(H2,21,22,23);1H. The van der Waals surface area contributed by atoms with Gasteiger partial charge >= 0.3 is 0 Å². The van der Waals surface area contributed by atoms with E-state index in [1.54, 1.807) is 19.2 Å². The van der Waals surface area contributed by atoms with Crippen molar-refractivity contribution in [3.8, 4) is 0 Å². The fourth-order valence-electron chi connectivity index (χ4n) is 3.19. The molecule has 1 aliphatic rings. The fourth-order valence-corrected chi connectivity index (χ4v) is 3.82. The third-order valence-corrected chi connectivity index (χ3v) is 6.20. The Morgan fingerprint density at radius 3 is 2.24 bits per heavy atom. The summed E-state index contributed by atoms with van der Waals surface area (Å²) in [5, 5.41) is 6.67. The first kappa shape index (κ1) is 26.1. The van der Waals surface area contributed by atoms with E-state index < -0.39 is 9.84 Å². The zero-order chi connectivity index (χ0) is 20.4. The Balaban J connectivity index is 0.00000420. The molecule has 166 valence electrons. The molecule has 1 saturated heterocycles. The van der Waals surface area contributed by atoms with E-state index in [0.29, 0.717) is 4.90 Å². The van der Waals surface area contributed by atoms with Crippen LogP contribution in [0.1, 0.15) is 18.4 Å². The zero-order valence-electron chi connectivity index (χ0n) is 17.9. The van der Waals surface area contributed by atoms with Crippen molar-refractivity contribution in [1.82, 2.24) is 20.4 Å². The molecule has 0 aliphatic carbocycles. The number of halogens is 1. The van der Waals surface area contributed by atoms with Crippen molar-refractivity contribution in [2.24, 2.45) is 4.99 Å². The number of aliphatic imine (C=N–C) groups is 1. The molecule has 0 atom stereocenters. The summed E-state index contributed by atoms with van der Waals surface area (Å²) in [5.41, 5.74) is 1.10. The molecule has 29 heavy (non-hydrogen) atoms. The molecule has 0 radical (unpaired) electrons. The molecular weight excluding hydrogens is 501 g/mol. The van der Waals surface area contributed by atoms with Gasteiger partial charge in [0.15, 0.2) is 15.8 Å². The molecule has 9 heteroatoms. The second-order valence-electron chi connectivity index (χ2n) is 7.44. The van der Waals surface area contributed by atoms with Crippen LogP contribution in [-0.4, -0.2) is 90.3 Å². The van der Waals surface area contributed by atoms with Crippen LogP contribution in [0.5, 0.6) is 0 Å². The lowest BCUT2D eigenvalue weighted by Gasteiger charge is -2.32. The summed E-state index contributed by atoms with van der Waals surface area (Å²) in [6, 6.07) is 7.06. The predicted molar refractivity (Wildman–Crippen MR) is 131 cm³/mol. The first-order valence-electron chi connectivity index (χ1n) is 10.0. The van der Waals surface area contributed by atoms with Crippen LogP contribution in [-0.2, 0) is 16.3 Å². The minimum Gasteiger partial charge on any atom is -0.356 e. The van der Waals surface area contributed by atoms with Crippen molar-refractivity contribution in [3.63, 3.8) is 0 Å². The molecule has 1 aliphatic heterocycles. The molecule has 2 N–H and O–H groups in total. The van der Waals surface area contributed by atoms with Crippen LogP contribution in [0.3, 0.4) is 0 Å². The van der Waals surface area contributed by atoms with Gasteiger partial charge in [-0.3, -0.25) is 4.99 Å². The zero-order valence-corrected chi connectivity index (χ0v) is 21.0. The van der Waals surface area contributed by atoms with Gasteiger partial charge in [-0.2, -0.15) is 0 Å². The molecule has 0 aromatic heterocycles. The number of guanidine groups is 1. The average Bonchev–Trinajstić information content (AvgIpc) is 2.67. The van der Waals surface area contributed by atoms with Crippen molar-refractivity contribution in [2.75, 3.05) is 66.2 Å². The number of nitrogens with one attached hydrogen (secondary N) is 2. The SMILES string of the molecule is CN=C(NCCCCN1CCN(C)CC1)NCCc1ccc(S(C)(=O)=O)cc1.I. The van der Waals surface area contributed by atoms with Gasteiger partial charge in [-0.1, -0.05) is 12.1 Å². The van der Waals surface area contributed by atoms with Crippen LogP contribution < -0.4 is 10.6 Å². The van der Waals surface area contributed by atoms with Gasteiger partial charge < -0.3 is 20.4 Å². The maximum atomic E-state index is 11.5. The van der Waals surface area contributed by atoms with Gasteiger partial charge in [-0.15, -0.1) is 24.0 Å². The van der Waals surface area contributed by atoms with Crippen LogP contribution in [0, 0.1) is 0 Å². The second-order valence-corrected chi connectivity index (χ2v) is 9.46. The molecule has 0 bridgehead atoms. The third-order valence-electron chi connectivity index (χ3n) is 5.07. The number of rotatable bonds is 9. The van der Waals surface area contributed by atoms with Crippen LogP contribution >= 0.6 is 24.0 Å². The number of nitrogens with zero attached hydrogens (tertiary/aromatic N) is 3. The molecule has 1 fully saturated rings. The monoisotopic (exact) mass is 537 g/mol. The Bertz CT molecular complexity index is 717. The molecular formula is C20H36IN5O2S. The van der Waals surface area contributed by atoms with Crippen molar-refractivity contribution >= 4 is 39.8 Å². The van der Waals surface area contributed by atoms with E-state index in [0.717, 1.165) is 37.5 Å². The van der Waals surface area contributed by atoms with Crippen molar-refractivity contribution in [3.05, 3.63) is 29.8 Å². The van der Waals surface area contributed by atoms with E-state index >= 15 is 0 Å². The summed E-state index contributed by atoms with van der Waals surface area (Å²) >= 11 is 0. The maximum absolute atomic E-state index is 11.5. The van der Waals surface area contributed by atoms with Gasteiger partial charge in [0.2, 0.25) is 0 Å². The molecule has 0 spiro atoms. The molecule has 0 saturated carbocycles. The first-order chi connectivity index (χ1) is 13.4. The fraction of sp³-hybridized carbons (Fsp3) is 0.650. The second kappa shape index (κ2) is 13.4. The van der Waals surface area contributed by atoms with Gasteiger partial charge in [-0.25, -0.2) is 8.42 Å². The van der Waals surface area contributed by atoms with E-state index in [9.17, 15) is 8.42 Å². The Morgan fingerprint density at radius 1 is 1.03 bits per heavy atom. The lowest BCUT2D eigenvalue weighted by Crippen LogP contribution is -2.44. The van der Waals surface area contributed by atoms with E-state index in [2.05, 4.69) is 32.5 Å². The number of hydrogen-bond donors (Lipinski definition) is 2. The molecule has 7 nitrogen and oxygen atoms in total. The number of unbranched alkanes of at least 4 members (excludes halogenated alkanes) is 1. The minimum atomic E-state index is -3.13. The summed E-state index contributed by atoms with van der Waals surface area (Å²) in [4.78, 5) is 9.55. The smallest absolute Gasteiger partial charge is 0.190 e. The van der Waals surface area contributed by atoms with Gasteiger partial charge in [-0.05, 0) is 50.6 Å². The van der Waals surface area contributed by atoms with Gasteiger partial charge in [0.1, 0.15) is 0 Å². The number of hydrogen-bond acceptors (Lipinski definition) is 5. The van der Waals surface area contributed by atoms with Crippen LogP contribution in [0.4, 0.5) is 0 Å². The summed E-state index contributed by atoms with van der Waals surface area (Å²) in [5.74, 6) is 0.812. The molecule has 2 rings (SSSR count). The number of likely N-dealkylation sites (N-methyl/N-ethyl adjacent to an activating group) is 1. The summed E-state index contributed by atoms with van der Waals surface area (Å²) in [7, 11) is 0.831. The lowest BCUT2D eigenvalue weighted by molar-refractivity contribution is 0.152. The highest BCUT2D eigenvalue weighted by Gasteiger charge is 2.12. The Morgan fingerprint density at radius 2 is 1.66 bits per heavy atom. The minimum absolute atomic E-state index is 0. The largest absolute Gasteiger partial charge is 0.356 e. The summed E-state index contributed by atoms with van der Waals surface area (Å²) in [6.45, 7) is 7.54. The van der Waals surface area contributed by atoms with Crippen LogP contribution in [0.2, 0.25) is 0 Å². The van der Waals surface area contributed by atoms with Crippen molar-refractivity contribution in [1.29, 1.82) is 0 Å². The van der Waals surface area contributed by atoms with Crippen molar-refractivity contribution < 1.29 is 8.42 Å². The van der Waals surface area contributed by atoms with E-state index in [4.69, 9.17) is 0 Å². The van der Waals surface area contributed by atoms with E-state index in [1.165, 1.54) is 45.4 Å². The topological polar surface area (TPSA) is 77.0 Å². The quantitative estimate of drug-likeness (QED) is 0.215. The summed E-state index contributed by atoms with van der Waals surface area (Å²) in [6.07, 6.45) is 4.36. The third kappa shape index (κ3) is 10.1. The van der Waals surface area contributed by atoms with Gasteiger partial charge in [0, 0.05) is 52.6 Å². The van der Waals surface area contributed by atoms with E-state index in [1.807, 2.05) is 12.1 Å². The molecule has 0 unspecified atom stereocenters. The molecule has 1 aromatic carbocycles. The number of benzene rings is 1. The predicted octanol–water partition coefficient (Wildman–Crippen LogP) is 1.44. The van der Waals surface area contributed by atoms with E-state index in [-0.39, 0.29) is 24.0 Å². The Hall–Kier alpha value is -0.910. The summed E-state index contributed by atoms with van der Waals surface area (Å²) < 4.78 is 23.0. The van der Waals surface area contributed by atoms with Crippen molar-refractivity contribution in [2.45, 2.75) is 24.2 Å². The maximum Gasteiger partial charge on any atom is 0.190 e. The van der Waals surface area contributed by atoms with Gasteiger partial charge in [0.05, 0.1) is 4.90 Å². The molecule has 1 aromatic rings. The Kier molecular flexibility index (Phi) is 12.1. The number of piperazine rings is 1. The van der Waals surface area contributed by atoms with Crippen LogP contribution in [0.15, 0.2) is 34.2 Å².